The Bertz CT molecular complexity index is 352. The molecule has 0 radical (unpaired) electrons. The summed E-state index contributed by atoms with van der Waals surface area (Å²) in [7, 11) is 0. The third-order valence-electron chi connectivity index (χ3n) is 1.85. The first-order valence-corrected chi connectivity index (χ1v) is 5.16. The van der Waals surface area contributed by atoms with Crippen molar-refractivity contribution in [3.8, 4) is 0 Å². The van der Waals surface area contributed by atoms with E-state index in [1.165, 1.54) is 0 Å². The number of carbonyl (C=O) groups is 1. The van der Waals surface area contributed by atoms with E-state index < -0.39 is 0 Å². The molecule has 0 unspecified atom stereocenters. The molecule has 0 aliphatic heterocycles. The molecule has 15 heavy (non-hydrogen) atoms. The molecule has 0 spiro atoms. The van der Waals surface area contributed by atoms with Crippen LogP contribution in [0.5, 0.6) is 0 Å². The van der Waals surface area contributed by atoms with Crippen LogP contribution in [0.3, 0.4) is 0 Å². The van der Waals surface area contributed by atoms with Crippen molar-refractivity contribution in [3.63, 3.8) is 0 Å². The standard InChI is InChI=1S/C11H12BrNO2/c1-2-6-13-8-9-4-3-5-10(7-9)11(14)15-12/h2-5,7,13H,1,6,8H2. The predicted molar refractivity (Wildman–Crippen MR) is 62.7 cm³/mol. The second kappa shape index (κ2) is 6.37. The Labute approximate surface area is 97.6 Å². The number of rotatable bonds is 5. The van der Waals surface area contributed by atoms with Crippen molar-refractivity contribution in [1.29, 1.82) is 0 Å². The molecular weight excluding hydrogens is 258 g/mol. The summed E-state index contributed by atoms with van der Waals surface area (Å²) in [6, 6.07) is 7.27. The Hall–Kier alpha value is -1.13. The van der Waals surface area contributed by atoms with Crippen molar-refractivity contribution in [2.75, 3.05) is 6.54 Å². The fourth-order valence-electron chi connectivity index (χ4n) is 1.17. The molecular formula is C11H12BrNO2. The van der Waals surface area contributed by atoms with Gasteiger partial charge in [-0.15, -0.1) is 6.58 Å². The molecule has 3 nitrogen and oxygen atoms in total. The minimum atomic E-state index is -0.388. The van der Waals surface area contributed by atoms with Gasteiger partial charge in [-0.2, -0.15) is 0 Å². The van der Waals surface area contributed by atoms with Crippen LogP contribution in [0, 0.1) is 0 Å². The summed E-state index contributed by atoms with van der Waals surface area (Å²) in [5, 5.41) is 3.15. The van der Waals surface area contributed by atoms with Gasteiger partial charge in [0, 0.05) is 13.1 Å². The first-order chi connectivity index (χ1) is 7.27. The van der Waals surface area contributed by atoms with E-state index in [-0.39, 0.29) is 5.97 Å². The SMILES string of the molecule is C=CCNCc1cccc(C(=O)OBr)c1. The van der Waals surface area contributed by atoms with Crippen molar-refractivity contribution in [2.45, 2.75) is 6.54 Å². The lowest BCUT2D eigenvalue weighted by molar-refractivity contribution is 0.0782. The van der Waals surface area contributed by atoms with E-state index in [1.807, 2.05) is 12.1 Å². The summed E-state index contributed by atoms with van der Waals surface area (Å²) in [6.07, 6.45) is 1.79. The van der Waals surface area contributed by atoms with Gasteiger partial charge in [0.05, 0.1) is 5.56 Å². The fraction of sp³-hybridized carbons (Fsp3) is 0.182. The van der Waals surface area contributed by atoms with Gasteiger partial charge >= 0.3 is 5.97 Å². The highest BCUT2D eigenvalue weighted by Crippen LogP contribution is 2.08. The Morgan fingerprint density at radius 1 is 1.60 bits per heavy atom. The highest BCUT2D eigenvalue weighted by Gasteiger charge is 2.05. The van der Waals surface area contributed by atoms with Crippen molar-refractivity contribution in [2.24, 2.45) is 0 Å². The fourth-order valence-corrected chi connectivity index (χ4v) is 1.36. The van der Waals surface area contributed by atoms with Crippen LogP contribution < -0.4 is 5.32 Å². The Kier molecular flexibility index (Phi) is 5.07. The smallest absolute Gasteiger partial charge is 0.349 e. The lowest BCUT2D eigenvalue weighted by atomic mass is 10.1. The molecule has 1 aromatic rings. The van der Waals surface area contributed by atoms with Gasteiger partial charge in [-0.05, 0) is 17.7 Å². The lowest BCUT2D eigenvalue weighted by Gasteiger charge is -2.03. The summed E-state index contributed by atoms with van der Waals surface area (Å²) in [5.74, 6) is -0.388. The van der Waals surface area contributed by atoms with Crippen LogP contribution in [0.25, 0.3) is 0 Å². The number of benzene rings is 1. The van der Waals surface area contributed by atoms with E-state index in [9.17, 15) is 4.79 Å². The molecule has 0 saturated heterocycles. The minimum absolute atomic E-state index is 0.388. The van der Waals surface area contributed by atoms with Gasteiger partial charge in [0.2, 0.25) is 0 Å². The molecule has 1 N–H and O–H groups in total. The second-order valence-corrected chi connectivity index (χ2v) is 3.31. The third kappa shape index (κ3) is 3.85. The second-order valence-electron chi connectivity index (χ2n) is 2.98. The zero-order valence-electron chi connectivity index (χ0n) is 8.20. The number of halogens is 1. The molecule has 80 valence electrons. The first-order valence-electron chi connectivity index (χ1n) is 4.51. The monoisotopic (exact) mass is 269 g/mol. The first kappa shape index (κ1) is 11.9. The molecule has 1 aromatic carbocycles. The number of nitrogens with one attached hydrogen (secondary N) is 1. The van der Waals surface area contributed by atoms with Gasteiger partial charge in [-0.3, -0.25) is 0 Å². The summed E-state index contributed by atoms with van der Waals surface area (Å²) in [4.78, 5) is 11.2. The van der Waals surface area contributed by atoms with Crippen LogP contribution in [0.2, 0.25) is 0 Å². The Balaban J connectivity index is 2.65. The quantitative estimate of drug-likeness (QED) is 0.659. The van der Waals surface area contributed by atoms with Crippen LogP contribution in [-0.4, -0.2) is 12.5 Å². The molecule has 0 atom stereocenters. The number of hydrogen-bond acceptors (Lipinski definition) is 3. The maximum Gasteiger partial charge on any atom is 0.349 e. The van der Waals surface area contributed by atoms with Gasteiger partial charge in [-0.1, -0.05) is 18.2 Å². The van der Waals surface area contributed by atoms with E-state index in [2.05, 4.69) is 32.0 Å². The van der Waals surface area contributed by atoms with Crippen molar-refractivity contribution < 1.29 is 8.62 Å². The topological polar surface area (TPSA) is 38.3 Å². The van der Waals surface area contributed by atoms with Crippen LogP contribution in [0.4, 0.5) is 0 Å². The average Bonchev–Trinajstić information content (AvgIpc) is 2.29. The largest absolute Gasteiger partial charge is 0.380 e. The number of hydrogen-bond donors (Lipinski definition) is 1. The van der Waals surface area contributed by atoms with E-state index in [0.29, 0.717) is 12.1 Å². The summed E-state index contributed by atoms with van der Waals surface area (Å²) >= 11 is 2.66. The summed E-state index contributed by atoms with van der Waals surface area (Å²) < 4.78 is 4.45. The van der Waals surface area contributed by atoms with Gasteiger partial charge in [0.15, 0.2) is 16.3 Å². The van der Waals surface area contributed by atoms with E-state index in [1.54, 1.807) is 18.2 Å². The Morgan fingerprint density at radius 2 is 2.40 bits per heavy atom. The molecule has 0 aromatic heterocycles. The maximum absolute atomic E-state index is 11.2. The molecule has 0 amide bonds. The number of carbonyl (C=O) groups excluding carboxylic acids is 1. The van der Waals surface area contributed by atoms with Gasteiger partial charge in [0.25, 0.3) is 0 Å². The van der Waals surface area contributed by atoms with Gasteiger partial charge in [0.1, 0.15) is 0 Å². The zero-order chi connectivity index (χ0) is 11.1. The molecule has 1 rings (SSSR count). The molecule has 0 bridgehead atoms. The zero-order valence-corrected chi connectivity index (χ0v) is 9.79. The highest BCUT2D eigenvalue weighted by molar-refractivity contribution is 9.06. The predicted octanol–water partition coefficient (Wildman–Crippen LogP) is 2.43. The van der Waals surface area contributed by atoms with Crippen molar-refractivity contribution >= 4 is 22.2 Å². The lowest BCUT2D eigenvalue weighted by Crippen LogP contribution is -2.13. The molecule has 0 aliphatic carbocycles. The normalized spacial score (nSPS) is 9.67. The van der Waals surface area contributed by atoms with Crippen LogP contribution in [0.15, 0.2) is 36.9 Å². The van der Waals surface area contributed by atoms with Crippen LogP contribution in [0.1, 0.15) is 15.9 Å². The van der Waals surface area contributed by atoms with Crippen LogP contribution >= 0.6 is 16.3 Å². The molecule has 4 heteroatoms. The summed E-state index contributed by atoms with van der Waals surface area (Å²) in [6.45, 7) is 5.06. The van der Waals surface area contributed by atoms with Crippen molar-refractivity contribution in [3.05, 3.63) is 48.0 Å². The molecule has 0 aliphatic rings. The molecule has 0 saturated carbocycles. The maximum atomic E-state index is 11.2. The van der Waals surface area contributed by atoms with Gasteiger partial charge in [-0.25, -0.2) is 4.79 Å². The van der Waals surface area contributed by atoms with E-state index in [0.717, 1.165) is 12.1 Å². The van der Waals surface area contributed by atoms with E-state index in [4.69, 9.17) is 0 Å². The summed E-state index contributed by atoms with van der Waals surface area (Å²) in [5.41, 5.74) is 1.57. The van der Waals surface area contributed by atoms with Crippen molar-refractivity contribution in [1.82, 2.24) is 5.32 Å². The Morgan fingerprint density at radius 3 is 3.07 bits per heavy atom. The molecule has 0 fully saturated rings. The van der Waals surface area contributed by atoms with Crippen LogP contribution in [-0.2, 0) is 10.4 Å². The average molecular weight is 270 g/mol. The van der Waals surface area contributed by atoms with Gasteiger partial charge < -0.3 is 9.15 Å². The molecule has 0 heterocycles. The third-order valence-corrected chi connectivity index (χ3v) is 2.14. The van der Waals surface area contributed by atoms with E-state index >= 15 is 0 Å². The highest BCUT2D eigenvalue weighted by atomic mass is 79.9. The minimum Gasteiger partial charge on any atom is -0.380 e.